The number of hydrogen-bond donors (Lipinski definition) is 2. The number of alkyl halides is 1. The maximum absolute atomic E-state index is 17.2. The monoisotopic (exact) mass is 468 g/mol. The number of rotatable bonds is 5. The Morgan fingerprint density at radius 3 is 2.42 bits per heavy atom. The first-order valence-electron chi connectivity index (χ1n) is 11.4. The minimum Gasteiger partial charge on any atom is -0.497 e. The zero-order chi connectivity index (χ0) is 24.6. The van der Waals surface area contributed by atoms with Crippen LogP contribution in [0.3, 0.4) is 0 Å². The third-order valence-electron chi connectivity index (χ3n) is 9.31. The standard InChI is InChI=1S/C25H34F2O6/c1-13-9-15-16-11-18(26)17-10-14(31-4)7-8-22(17,2)24(16,27)19(28)12-23(15,3)25(13,30)20(29)21(32-5)33-6/h7-8,10,13,15-16,19,21,28,30H,9,11-12H2,1-6H3/t13?,15-,16-,19-,22-,23-,24-,25-/m0/s1. The molecule has 0 aromatic rings. The van der Waals surface area contributed by atoms with E-state index in [0.29, 0.717) is 12.2 Å². The number of carbonyl (C=O) groups excluding carboxylic acids is 1. The Bertz CT molecular complexity index is 941. The molecular weight excluding hydrogens is 434 g/mol. The van der Waals surface area contributed by atoms with Crippen molar-refractivity contribution in [3.8, 4) is 0 Å². The van der Waals surface area contributed by atoms with Crippen molar-refractivity contribution < 1.29 is 38.0 Å². The Labute approximate surface area is 193 Å². The number of methoxy groups -OCH3 is 3. The summed E-state index contributed by atoms with van der Waals surface area (Å²) >= 11 is 0. The summed E-state index contributed by atoms with van der Waals surface area (Å²) in [5, 5.41) is 23.2. The fraction of sp³-hybridized carbons (Fsp3) is 0.720. The van der Waals surface area contributed by atoms with Crippen LogP contribution in [0.2, 0.25) is 0 Å². The topological polar surface area (TPSA) is 85.2 Å². The van der Waals surface area contributed by atoms with Crippen LogP contribution in [0.15, 0.2) is 35.4 Å². The Kier molecular flexibility index (Phi) is 5.72. The second-order valence-electron chi connectivity index (χ2n) is 10.5. The molecule has 8 heteroatoms. The number of Topliss-reactive ketones (excluding diaryl/α,β-unsaturated/α-hetero) is 1. The molecule has 0 bridgehead atoms. The summed E-state index contributed by atoms with van der Waals surface area (Å²) in [6.45, 7) is 5.02. The largest absolute Gasteiger partial charge is 0.497 e. The van der Waals surface area contributed by atoms with Crippen molar-refractivity contribution in [3.05, 3.63) is 35.4 Å². The van der Waals surface area contributed by atoms with Crippen LogP contribution >= 0.6 is 0 Å². The normalized spacial score (nSPS) is 46.6. The lowest BCUT2D eigenvalue weighted by Gasteiger charge is -2.61. The molecule has 0 aliphatic heterocycles. The van der Waals surface area contributed by atoms with Gasteiger partial charge in [-0.15, -0.1) is 0 Å². The van der Waals surface area contributed by atoms with Crippen molar-refractivity contribution in [2.75, 3.05) is 21.3 Å². The predicted molar refractivity (Wildman–Crippen MR) is 116 cm³/mol. The third-order valence-corrected chi connectivity index (χ3v) is 9.31. The summed E-state index contributed by atoms with van der Waals surface area (Å²) in [7, 11) is 4.07. The highest BCUT2D eigenvalue weighted by atomic mass is 19.1. The van der Waals surface area contributed by atoms with E-state index in [0.717, 1.165) is 0 Å². The number of carbonyl (C=O) groups is 1. The van der Waals surface area contributed by atoms with Gasteiger partial charge in [0.25, 0.3) is 0 Å². The summed E-state index contributed by atoms with van der Waals surface area (Å²) in [4.78, 5) is 13.4. The fourth-order valence-electron chi connectivity index (χ4n) is 7.50. The molecule has 0 heterocycles. The zero-order valence-electron chi connectivity index (χ0n) is 20.0. The van der Waals surface area contributed by atoms with Gasteiger partial charge in [0.2, 0.25) is 12.1 Å². The van der Waals surface area contributed by atoms with Crippen molar-refractivity contribution in [1.82, 2.24) is 0 Å². The average molecular weight is 469 g/mol. The molecule has 0 aromatic heterocycles. The minimum atomic E-state index is -2.19. The summed E-state index contributed by atoms with van der Waals surface area (Å²) in [5.74, 6) is -2.76. The van der Waals surface area contributed by atoms with Crippen LogP contribution < -0.4 is 0 Å². The molecule has 1 unspecified atom stereocenters. The number of halogens is 2. The van der Waals surface area contributed by atoms with Crippen molar-refractivity contribution in [2.24, 2.45) is 28.6 Å². The molecule has 0 saturated heterocycles. The van der Waals surface area contributed by atoms with Gasteiger partial charge in [-0.05, 0) is 43.8 Å². The SMILES string of the molecule is COC1=CC2=C(F)C[C@H]3[C@@H]4CC(C)[C@](O)(C(=O)C(OC)OC)[C@@]4(C)C[C@H](O)[C@]3(F)[C@@]2(C)C=C1. The van der Waals surface area contributed by atoms with E-state index in [1.807, 2.05) is 0 Å². The van der Waals surface area contributed by atoms with Gasteiger partial charge >= 0.3 is 0 Å². The van der Waals surface area contributed by atoms with Crippen LogP contribution in [0, 0.1) is 28.6 Å². The van der Waals surface area contributed by atoms with E-state index in [1.54, 1.807) is 32.9 Å². The number of aliphatic hydroxyl groups excluding tert-OH is 1. The highest BCUT2D eigenvalue weighted by Gasteiger charge is 2.76. The van der Waals surface area contributed by atoms with E-state index in [9.17, 15) is 15.0 Å². The van der Waals surface area contributed by atoms with Gasteiger partial charge in [0.1, 0.15) is 17.2 Å². The minimum absolute atomic E-state index is 0.156. The molecular formula is C25H34F2O6. The lowest BCUT2D eigenvalue weighted by atomic mass is 9.45. The second-order valence-corrected chi connectivity index (χ2v) is 10.5. The van der Waals surface area contributed by atoms with E-state index < -0.39 is 63.9 Å². The molecule has 0 amide bonds. The first kappa shape index (κ1) is 24.5. The molecule has 2 saturated carbocycles. The smallest absolute Gasteiger partial charge is 0.220 e. The zero-order valence-corrected chi connectivity index (χ0v) is 20.0. The van der Waals surface area contributed by atoms with Gasteiger partial charge in [-0.3, -0.25) is 4.79 Å². The van der Waals surface area contributed by atoms with E-state index >= 15 is 8.78 Å². The maximum Gasteiger partial charge on any atom is 0.220 e. The molecule has 0 aromatic carbocycles. The molecule has 4 rings (SSSR count). The van der Waals surface area contributed by atoms with Crippen LogP contribution in [-0.4, -0.2) is 61.0 Å². The van der Waals surface area contributed by atoms with Gasteiger partial charge < -0.3 is 24.4 Å². The molecule has 8 atom stereocenters. The molecule has 0 radical (unpaired) electrons. The number of fused-ring (bicyclic) bond motifs is 5. The first-order chi connectivity index (χ1) is 15.4. The Hall–Kier alpha value is -1.61. The molecule has 2 N–H and O–H groups in total. The van der Waals surface area contributed by atoms with E-state index in [2.05, 4.69) is 0 Å². The quantitative estimate of drug-likeness (QED) is 0.602. The maximum atomic E-state index is 17.2. The molecule has 4 aliphatic carbocycles. The molecule has 6 nitrogen and oxygen atoms in total. The Morgan fingerprint density at radius 1 is 1.21 bits per heavy atom. The van der Waals surface area contributed by atoms with E-state index in [-0.39, 0.29) is 18.4 Å². The number of ether oxygens (including phenoxy) is 3. The summed E-state index contributed by atoms with van der Waals surface area (Å²) < 4.78 is 48.2. The summed E-state index contributed by atoms with van der Waals surface area (Å²) in [6.07, 6.45) is 1.75. The molecule has 184 valence electrons. The molecule has 2 fully saturated rings. The Balaban J connectivity index is 1.85. The van der Waals surface area contributed by atoms with Crippen molar-refractivity contribution in [1.29, 1.82) is 0 Å². The van der Waals surface area contributed by atoms with Crippen LogP contribution in [0.5, 0.6) is 0 Å². The van der Waals surface area contributed by atoms with E-state index in [4.69, 9.17) is 14.2 Å². The Morgan fingerprint density at radius 2 is 1.85 bits per heavy atom. The van der Waals surface area contributed by atoms with Crippen LogP contribution in [-0.2, 0) is 19.0 Å². The first-order valence-corrected chi connectivity index (χ1v) is 11.4. The number of allylic oxidation sites excluding steroid dienone is 5. The van der Waals surface area contributed by atoms with Crippen LogP contribution in [0.4, 0.5) is 8.78 Å². The van der Waals surface area contributed by atoms with Crippen molar-refractivity contribution in [2.45, 2.75) is 63.7 Å². The van der Waals surface area contributed by atoms with Gasteiger partial charge in [0, 0.05) is 37.5 Å². The van der Waals surface area contributed by atoms with Gasteiger partial charge in [-0.1, -0.05) is 19.9 Å². The summed E-state index contributed by atoms with van der Waals surface area (Å²) in [6, 6.07) is 0. The van der Waals surface area contributed by atoms with Gasteiger partial charge in [0.15, 0.2) is 5.67 Å². The number of hydrogen-bond acceptors (Lipinski definition) is 6. The number of ketones is 1. The molecule has 33 heavy (non-hydrogen) atoms. The fourth-order valence-corrected chi connectivity index (χ4v) is 7.50. The van der Waals surface area contributed by atoms with Crippen LogP contribution in [0.1, 0.15) is 40.0 Å². The predicted octanol–water partition coefficient (Wildman–Crippen LogP) is 3.39. The lowest BCUT2D eigenvalue weighted by Crippen LogP contribution is -2.69. The number of aliphatic hydroxyl groups is 2. The summed E-state index contributed by atoms with van der Waals surface area (Å²) in [5.41, 5.74) is -6.57. The van der Waals surface area contributed by atoms with Crippen molar-refractivity contribution in [3.63, 3.8) is 0 Å². The molecule has 4 aliphatic rings. The second kappa shape index (κ2) is 7.70. The lowest BCUT2D eigenvalue weighted by molar-refractivity contribution is -0.225. The highest BCUT2D eigenvalue weighted by molar-refractivity contribution is 5.92. The van der Waals surface area contributed by atoms with Gasteiger partial charge in [-0.2, -0.15) is 0 Å². The van der Waals surface area contributed by atoms with Crippen molar-refractivity contribution >= 4 is 5.78 Å². The highest BCUT2D eigenvalue weighted by Crippen LogP contribution is 2.71. The van der Waals surface area contributed by atoms with Gasteiger partial charge in [0.05, 0.1) is 18.6 Å². The molecule has 0 spiro atoms. The van der Waals surface area contributed by atoms with Crippen LogP contribution in [0.25, 0.3) is 0 Å². The average Bonchev–Trinajstić information content (AvgIpc) is 2.98. The van der Waals surface area contributed by atoms with Gasteiger partial charge in [-0.25, -0.2) is 8.78 Å². The third kappa shape index (κ3) is 2.81. The van der Waals surface area contributed by atoms with E-state index in [1.165, 1.54) is 27.4 Å².